The van der Waals surface area contributed by atoms with Crippen LogP contribution in [0.1, 0.15) is 48.5 Å². The van der Waals surface area contributed by atoms with E-state index in [4.69, 9.17) is 4.74 Å². The minimum atomic E-state index is -0.131. The van der Waals surface area contributed by atoms with Gasteiger partial charge in [0.25, 0.3) is 5.91 Å². The molecule has 1 saturated carbocycles. The number of methoxy groups -OCH3 is 1. The number of benzene rings is 2. The monoisotopic (exact) mass is 380 g/mol. The van der Waals surface area contributed by atoms with Gasteiger partial charge in [0, 0.05) is 24.9 Å². The molecule has 0 atom stereocenters. The summed E-state index contributed by atoms with van der Waals surface area (Å²) in [4.78, 5) is 24.2. The van der Waals surface area contributed by atoms with E-state index < -0.39 is 0 Å². The Morgan fingerprint density at radius 3 is 2.32 bits per heavy atom. The Morgan fingerprint density at radius 1 is 1.04 bits per heavy atom. The highest BCUT2D eigenvalue weighted by Gasteiger charge is 2.37. The largest absolute Gasteiger partial charge is 0.496 e. The predicted molar refractivity (Wildman–Crippen MR) is 110 cm³/mol. The van der Waals surface area contributed by atoms with Gasteiger partial charge >= 0.3 is 0 Å². The van der Waals surface area contributed by atoms with Gasteiger partial charge in [0.2, 0.25) is 5.91 Å². The van der Waals surface area contributed by atoms with Gasteiger partial charge in [0.05, 0.1) is 12.7 Å². The fourth-order valence-corrected chi connectivity index (χ4v) is 4.14. The van der Waals surface area contributed by atoms with Gasteiger partial charge in [0.1, 0.15) is 5.75 Å². The number of carbonyl (C=O) groups is 2. The Hall–Kier alpha value is -2.82. The zero-order valence-corrected chi connectivity index (χ0v) is 16.5. The molecular weight excluding hydrogens is 352 g/mol. The molecule has 0 saturated heterocycles. The van der Waals surface area contributed by atoms with Gasteiger partial charge in [-0.2, -0.15) is 0 Å². The number of rotatable bonds is 6. The molecule has 1 aliphatic rings. The molecule has 2 N–H and O–H groups in total. The second kappa shape index (κ2) is 8.91. The van der Waals surface area contributed by atoms with Crippen LogP contribution in [0.15, 0.2) is 54.6 Å². The maximum absolute atomic E-state index is 12.8. The first kappa shape index (κ1) is 19.9. The lowest BCUT2D eigenvalue weighted by Crippen LogP contribution is -2.47. The Balaban J connectivity index is 1.76. The number of amides is 2. The van der Waals surface area contributed by atoms with E-state index in [1.807, 2.05) is 30.3 Å². The maximum Gasteiger partial charge on any atom is 0.255 e. The van der Waals surface area contributed by atoms with Crippen molar-refractivity contribution in [3.05, 3.63) is 65.7 Å². The highest BCUT2D eigenvalue weighted by molar-refractivity contribution is 5.96. The minimum absolute atomic E-state index is 0.0155. The van der Waals surface area contributed by atoms with Crippen LogP contribution in [0, 0.1) is 0 Å². The Labute approximate surface area is 166 Å². The van der Waals surface area contributed by atoms with Crippen molar-refractivity contribution in [1.82, 2.24) is 10.6 Å². The molecule has 2 amide bonds. The fraction of sp³-hybridized carbons (Fsp3) is 0.391. The van der Waals surface area contributed by atoms with Crippen LogP contribution in [0.25, 0.3) is 0 Å². The molecule has 0 bridgehead atoms. The summed E-state index contributed by atoms with van der Waals surface area (Å²) in [5.74, 6) is 0.460. The van der Waals surface area contributed by atoms with E-state index in [1.54, 1.807) is 26.2 Å². The van der Waals surface area contributed by atoms with E-state index in [2.05, 4.69) is 22.8 Å². The standard InChI is InChI=1S/C23H28N2O3/c1-17(26)25-19-12-14-23(15-13-19,18-8-4-3-5-9-18)16-24-22(27)20-10-6-7-11-21(20)28-2/h3-11,19H,12-16H2,1-2H3,(H,24,27)(H,25,26)/t19-,23+. The molecule has 2 aromatic carbocycles. The minimum Gasteiger partial charge on any atom is -0.496 e. The first-order chi connectivity index (χ1) is 13.5. The van der Waals surface area contributed by atoms with E-state index in [0.717, 1.165) is 25.7 Å². The van der Waals surface area contributed by atoms with Crippen molar-refractivity contribution in [3.63, 3.8) is 0 Å². The molecule has 28 heavy (non-hydrogen) atoms. The topological polar surface area (TPSA) is 67.4 Å². The summed E-state index contributed by atoms with van der Waals surface area (Å²) >= 11 is 0. The van der Waals surface area contributed by atoms with Crippen molar-refractivity contribution in [3.8, 4) is 5.75 Å². The van der Waals surface area contributed by atoms with Gasteiger partial charge in [-0.1, -0.05) is 42.5 Å². The quantitative estimate of drug-likeness (QED) is 0.807. The molecule has 0 spiro atoms. The lowest BCUT2D eigenvalue weighted by Gasteiger charge is -2.41. The molecule has 0 radical (unpaired) electrons. The van der Waals surface area contributed by atoms with Crippen molar-refractivity contribution < 1.29 is 14.3 Å². The lowest BCUT2D eigenvalue weighted by atomic mass is 9.68. The van der Waals surface area contributed by atoms with Crippen molar-refractivity contribution in [2.45, 2.75) is 44.1 Å². The number of carbonyl (C=O) groups excluding carboxylic acids is 2. The second-order valence-corrected chi connectivity index (χ2v) is 7.50. The van der Waals surface area contributed by atoms with Gasteiger partial charge in [0.15, 0.2) is 0 Å². The number of para-hydroxylation sites is 1. The maximum atomic E-state index is 12.8. The van der Waals surface area contributed by atoms with Gasteiger partial charge in [-0.3, -0.25) is 9.59 Å². The molecule has 0 aliphatic heterocycles. The molecule has 0 aromatic heterocycles. The average molecular weight is 380 g/mol. The van der Waals surface area contributed by atoms with Crippen LogP contribution in [-0.2, 0) is 10.2 Å². The molecule has 2 aromatic rings. The molecule has 5 nitrogen and oxygen atoms in total. The van der Waals surface area contributed by atoms with Crippen LogP contribution in [-0.4, -0.2) is 31.5 Å². The first-order valence-corrected chi connectivity index (χ1v) is 9.78. The molecule has 1 fully saturated rings. The molecule has 3 rings (SSSR count). The third kappa shape index (κ3) is 4.53. The van der Waals surface area contributed by atoms with Crippen LogP contribution in [0.3, 0.4) is 0 Å². The smallest absolute Gasteiger partial charge is 0.255 e. The molecule has 0 heterocycles. The summed E-state index contributed by atoms with van der Waals surface area (Å²) < 4.78 is 5.32. The molecule has 148 valence electrons. The third-order valence-electron chi connectivity index (χ3n) is 5.68. The highest BCUT2D eigenvalue weighted by atomic mass is 16.5. The van der Waals surface area contributed by atoms with E-state index in [9.17, 15) is 9.59 Å². The van der Waals surface area contributed by atoms with Gasteiger partial charge in [-0.15, -0.1) is 0 Å². The Morgan fingerprint density at radius 2 is 1.68 bits per heavy atom. The van der Waals surface area contributed by atoms with Crippen molar-refractivity contribution >= 4 is 11.8 Å². The van der Waals surface area contributed by atoms with E-state index in [0.29, 0.717) is 17.9 Å². The van der Waals surface area contributed by atoms with Crippen LogP contribution in [0.5, 0.6) is 5.75 Å². The Kier molecular flexibility index (Phi) is 6.34. The summed E-state index contributed by atoms with van der Waals surface area (Å²) in [5, 5.41) is 6.17. The summed E-state index contributed by atoms with van der Waals surface area (Å²) in [5.41, 5.74) is 1.64. The number of hydrogen-bond acceptors (Lipinski definition) is 3. The zero-order valence-electron chi connectivity index (χ0n) is 16.5. The molecule has 0 unspecified atom stereocenters. The van der Waals surface area contributed by atoms with Crippen molar-refractivity contribution in [1.29, 1.82) is 0 Å². The first-order valence-electron chi connectivity index (χ1n) is 9.78. The lowest BCUT2D eigenvalue weighted by molar-refractivity contribution is -0.119. The van der Waals surface area contributed by atoms with E-state index >= 15 is 0 Å². The van der Waals surface area contributed by atoms with Gasteiger partial charge < -0.3 is 15.4 Å². The van der Waals surface area contributed by atoms with E-state index in [1.165, 1.54) is 5.56 Å². The number of nitrogens with one attached hydrogen (secondary N) is 2. The second-order valence-electron chi connectivity index (χ2n) is 7.50. The molecule has 5 heteroatoms. The normalized spacial score (nSPS) is 21.6. The highest BCUT2D eigenvalue weighted by Crippen LogP contribution is 2.39. The van der Waals surface area contributed by atoms with Crippen LogP contribution in [0.4, 0.5) is 0 Å². The summed E-state index contributed by atoms with van der Waals surface area (Å²) in [7, 11) is 1.57. The molecule has 1 aliphatic carbocycles. The Bertz CT molecular complexity index is 812. The van der Waals surface area contributed by atoms with Crippen LogP contribution in [0.2, 0.25) is 0 Å². The van der Waals surface area contributed by atoms with Crippen LogP contribution < -0.4 is 15.4 Å². The van der Waals surface area contributed by atoms with Crippen molar-refractivity contribution in [2.24, 2.45) is 0 Å². The summed E-state index contributed by atoms with van der Waals surface area (Å²) in [6.45, 7) is 2.12. The predicted octanol–water partition coefficient (Wildman–Crippen LogP) is 3.44. The summed E-state index contributed by atoms with van der Waals surface area (Å²) in [6.07, 6.45) is 3.63. The van der Waals surface area contributed by atoms with E-state index in [-0.39, 0.29) is 23.3 Å². The SMILES string of the molecule is COc1ccccc1C(=O)NC[C@]1(c2ccccc2)CC[C@@H](NC(C)=O)CC1. The number of ether oxygens (including phenoxy) is 1. The van der Waals surface area contributed by atoms with Crippen LogP contribution >= 0.6 is 0 Å². The summed E-state index contributed by atoms with van der Waals surface area (Å²) in [6, 6.07) is 17.8. The molecular formula is C23H28N2O3. The van der Waals surface area contributed by atoms with Crippen molar-refractivity contribution in [2.75, 3.05) is 13.7 Å². The number of hydrogen-bond donors (Lipinski definition) is 2. The fourth-order valence-electron chi connectivity index (χ4n) is 4.14. The van der Waals surface area contributed by atoms with Gasteiger partial charge in [-0.25, -0.2) is 0 Å². The van der Waals surface area contributed by atoms with Gasteiger partial charge in [-0.05, 0) is 43.4 Å². The average Bonchev–Trinajstić information content (AvgIpc) is 2.73. The third-order valence-corrected chi connectivity index (χ3v) is 5.68. The zero-order chi connectivity index (χ0) is 20.0.